The average molecular weight is 174 g/mol. The summed E-state index contributed by atoms with van der Waals surface area (Å²) >= 11 is 0. The molecule has 0 heterocycles. The van der Waals surface area contributed by atoms with E-state index >= 15 is 0 Å². The Labute approximate surface area is 80.4 Å². The Bertz CT molecular complexity index is 251. The smallest absolute Gasteiger partial charge is 0.0444 e. The Balaban J connectivity index is 1.85. The van der Waals surface area contributed by atoms with Gasteiger partial charge in [0.15, 0.2) is 0 Å². The second kappa shape index (κ2) is 3.82. The van der Waals surface area contributed by atoms with Gasteiger partial charge in [-0.25, -0.2) is 0 Å². The lowest BCUT2D eigenvalue weighted by atomic mass is 10.2. The molecule has 1 fully saturated rings. The van der Waals surface area contributed by atoms with Crippen molar-refractivity contribution >= 4 is 5.69 Å². The Morgan fingerprint density at radius 3 is 2.92 bits per heavy atom. The molecule has 0 amide bonds. The Hall–Kier alpha value is -0.980. The molecule has 0 saturated heterocycles. The first-order valence-electron chi connectivity index (χ1n) is 5.04. The largest absolute Gasteiger partial charge is 0.374 e. The monoisotopic (exact) mass is 174 g/mol. The molecule has 0 aliphatic heterocycles. The van der Waals surface area contributed by atoms with Crippen molar-refractivity contribution in [1.82, 2.24) is 0 Å². The predicted molar refractivity (Wildman–Crippen MR) is 55.9 cm³/mol. The first-order valence-corrected chi connectivity index (χ1v) is 5.04. The number of nitrogens with zero attached hydrogens (tertiary/aromatic N) is 1. The van der Waals surface area contributed by atoms with Crippen LogP contribution in [-0.4, -0.2) is 13.6 Å². The fraction of sp³-hybridized carbons (Fsp3) is 0.500. The van der Waals surface area contributed by atoms with Crippen molar-refractivity contribution in [2.24, 2.45) is 5.92 Å². The van der Waals surface area contributed by atoms with Crippen LogP contribution in [0.3, 0.4) is 0 Å². The van der Waals surface area contributed by atoms with Gasteiger partial charge in [0, 0.05) is 25.3 Å². The van der Waals surface area contributed by atoms with E-state index in [9.17, 15) is 0 Å². The Kier molecular flexibility index (Phi) is 2.53. The molecule has 13 heavy (non-hydrogen) atoms. The molecule has 1 heteroatoms. The van der Waals surface area contributed by atoms with Crippen LogP contribution in [0.2, 0.25) is 0 Å². The molecule has 69 valence electrons. The minimum Gasteiger partial charge on any atom is -0.374 e. The van der Waals surface area contributed by atoms with Crippen LogP contribution in [0.5, 0.6) is 0 Å². The lowest BCUT2D eigenvalue weighted by molar-refractivity contribution is 0.711. The summed E-state index contributed by atoms with van der Waals surface area (Å²) in [5.41, 5.74) is 1.21. The minimum atomic E-state index is 1.02. The first kappa shape index (κ1) is 8.61. The van der Waals surface area contributed by atoms with Crippen LogP contribution >= 0.6 is 0 Å². The Morgan fingerprint density at radius 1 is 1.46 bits per heavy atom. The van der Waals surface area contributed by atoms with Crippen molar-refractivity contribution in [2.45, 2.75) is 19.3 Å². The van der Waals surface area contributed by atoms with Crippen LogP contribution in [0.4, 0.5) is 5.69 Å². The summed E-state index contributed by atoms with van der Waals surface area (Å²) < 4.78 is 0. The van der Waals surface area contributed by atoms with E-state index in [1.165, 1.54) is 31.5 Å². The van der Waals surface area contributed by atoms with Crippen LogP contribution in [-0.2, 0) is 0 Å². The lowest BCUT2D eigenvalue weighted by Crippen LogP contribution is -2.18. The van der Waals surface area contributed by atoms with Crippen LogP contribution < -0.4 is 4.90 Å². The van der Waals surface area contributed by atoms with Gasteiger partial charge in [0.1, 0.15) is 0 Å². The number of hydrogen-bond donors (Lipinski definition) is 0. The van der Waals surface area contributed by atoms with Crippen molar-refractivity contribution in [2.75, 3.05) is 18.5 Å². The average Bonchev–Trinajstić information content (AvgIpc) is 2.99. The molecule has 0 N–H and O–H groups in total. The standard InChI is InChI=1S/C12H16N/c1-13(10-9-11-7-8-11)12-5-3-2-4-6-12/h2-5,11H,7-10H2,1H3. The second-order valence-corrected chi connectivity index (χ2v) is 3.90. The van der Waals surface area contributed by atoms with E-state index < -0.39 is 0 Å². The molecule has 1 aliphatic carbocycles. The maximum absolute atomic E-state index is 3.24. The van der Waals surface area contributed by atoms with E-state index in [1.807, 2.05) is 12.1 Å². The molecular weight excluding hydrogens is 158 g/mol. The summed E-state index contributed by atoms with van der Waals surface area (Å²) in [6, 6.07) is 11.4. The molecule has 0 atom stereocenters. The van der Waals surface area contributed by atoms with Gasteiger partial charge in [0.25, 0.3) is 0 Å². The molecule has 1 aromatic carbocycles. The maximum atomic E-state index is 3.24. The third-order valence-corrected chi connectivity index (χ3v) is 2.67. The summed E-state index contributed by atoms with van der Waals surface area (Å²) in [7, 11) is 2.15. The third-order valence-electron chi connectivity index (χ3n) is 2.67. The van der Waals surface area contributed by atoms with E-state index in [1.54, 1.807) is 0 Å². The molecular formula is C12H16N. The van der Waals surface area contributed by atoms with Gasteiger partial charge < -0.3 is 4.90 Å². The maximum Gasteiger partial charge on any atom is 0.0444 e. The van der Waals surface area contributed by atoms with Gasteiger partial charge in [-0.2, -0.15) is 0 Å². The van der Waals surface area contributed by atoms with Crippen LogP contribution in [0.1, 0.15) is 19.3 Å². The van der Waals surface area contributed by atoms with Crippen molar-refractivity contribution < 1.29 is 0 Å². The predicted octanol–water partition coefficient (Wildman–Crippen LogP) is 2.72. The number of para-hydroxylation sites is 1. The molecule has 1 radical (unpaired) electrons. The lowest BCUT2D eigenvalue weighted by Gasteiger charge is -2.18. The van der Waals surface area contributed by atoms with Gasteiger partial charge in [0.05, 0.1) is 0 Å². The zero-order valence-corrected chi connectivity index (χ0v) is 8.16. The summed E-state index contributed by atoms with van der Waals surface area (Å²) in [4.78, 5) is 2.29. The molecule has 1 aliphatic rings. The normalized spacial score (nSPS) is 15.8. The fourth-order valence-electron chi connectivity index (χ4n) is 1.52. The van der Waals surface area contributed by atoms with Gasteiger partial charge >= 0.3 is 0 Å². The molecule has 0 bridgehead atoms. The quantitative estimate of drug-likeness (QED) is 0.678. The highest BCUT2D eigenvalue weighted by Crippen LogP contribution is 2.32. The zero-order valence-electron chi connectivity index (χ0n) is 8.16. The highest BCUT2D eigenvalue weighted by Gasteiger charge is 2.21. The molecule has 1 saturated carbocycles. The summed E-state index contributed by atoms with van der Waals surface area (Å²) in [6.45, 7) is 1.17. The van der Waals surface area contributed by atoms with Crippen molar-refractivity contribution in [3.63, 3.8) is 0 Å². The van der Waals surface area contributed by atoms with Crippen LogP contribution in [0.15, 0.2) is 24.3 Å². The van der Waals surface area contributed by atoms with Gasteiger partial charge in [0.2, 0.25) is 0 Å². The van der Waals surface area contributed by atoms with Crippen LogP contribution in [0, 0.1) is 12.0 Å². The summed E-state index contributed by atoms with van der Waals surface area (Å²) in [5, 5.41) is 0. The van der Waals surface area contributed by atoms with E-state index in [-0.39, 0.29) is 0 Å². The molecule has 1 aromatic rings. The summed E-state index contributed by atoms with van der Waals surface area (Å²) in [6.07, 6.45) is 4.25. The van der Waals surface area contributed by atoms with Crippen molar-refractivity contribution in [3.8, 4) is 0 Å². The van der Waals surface area contributed by atoms with Gasteiger partial charge in [-0.3, -0.25) is 0 Å². The molecule has 1 nitrogen and oxygen atoms in total. The fourth-order valence-corrected chi connectivity index (χ4v) is 1.52. The van der Waals surface area contributed by atoms with E-state index in [2.05, 4.69) is 30.1 Å². The van der Waals surface area contributed by atoms with E-state index in [0.717, 1.165) is 5.92 Å². The number of benzene rings is 1. The molecule has 0 spiro atoms. The molecule has 0 aromatic heterocycles. The van der Waals surface area contributed by atoms with Crippen molar-refractivity contribution in [1.29, 1.82) is 0 Å². The van der Waals surface area contributed by atoms with E-state index in [0.29, 0.717) is 0 Å². The number of rotatable bonds is 4. The first-order chi connectivity index (χ1) is 6.36. The van der Waals surface area contributed by atoms with Gasteiger partial charge in [-0.15, -0.1) is 0 Å². The highest BCUT2D eigenvalue weighted by atomic mass is 15.1. The number of anilines is 1. The van der Waals surface area contributed by atoms with Crippen molar-refractivity contribution in [3.05, 3.63) is 30.3 Å². The van der Waals surface area contributed by atoms with Crippen LogP contribution in [0.25, 0.3) is 0 Å². The topological polar surface area (TPSA) is 3.24 Å². The van der Waals surface area contributed by atoms with Gasteiger partial charge in [-0.05, 0) is 18.4 Å². The summed E-state index contributed by atoms with van der Waals surface area (Å²) in [5.74, 6) is 1.02. The van der Waals surface area contributed by atoms with E-state index in [4.69, 9.17) is 0 Å². The molecule has 2 rings (SSSR count). The van der Waals surface area contributed by atoms with Gasteiger partial charge in [-0.1, -0.05) is 31.0 Å². The zero-order chi connectivity index (χ0) is 9.10. The molecule has 0 unspecified atom stereocenters. The highest BCUT2D eigenvalue weighted by molar-refractivity contribution is 5.43. The minimum absolute atomic E-state index is 1.02. The SMILES string of the molecule is CN(CCC1CC1)c1[c]cccc1. The number of hydrogen-bond acceptors (Lipinski definition) is 1. The Morgan fingerprint density at radius 2 is 2.31 bits per heavy atom. The third kappa shape index (κ3) is 2.48. The second-order valence-electron chi connectivity index (χ2n) is 3.90.